The van der Waals surface area contributed by atoms with Crippen LogP contribution in [0.25, 0.3) is 11.0 Å². The average molecular weight is 688 g/mol. The molecule has 2 heterocycles. The topological polar surface area (TPSA) is 123 Å². The van der Waals surface area contributed by atoms with Crippen molar-refractivity contribution >= 4 is 32.7 Å². The number of ether oxygens (including phenoxy) is 1. The van der Waals surface area contributed by atoms with Crippen LogP contribution in [0.1, 0.15) is 100 Å². The fraction of sp³-hybridized carbons (Fsp3) is 0.474. The van der Waals surface area contributed by atoms with E-state index in [0.29, 0.717) is 44.4 Å². The molecule has 3 aromatic carbocycles. The standard InChI is InChI=1S/C38H49N5O5S/c1-8-30-24-42(49(46,47)34-16-12-11-15-33(34)48-30)23-29-22-28(19-18-25(29)3)36(38(6,7)39-35(45)17-13-10-14-26(4)44)31-20-21-32-37(27(31)5)40-41-43(32)9-2/h11-12,15-16,18-22,30,36H,8-10,13-14,17,23-24H2,1-7H3,(H,39,45)/t30-,36+/m1/s1. The maximum Gasteiger partial charge on any atom is 0.247 e. The number of carbonyl (C=O) groups is 2. The minimum atomic E-state index is -3.84. The van der Waals surface area contributed by atoms with Crippen LogP contribution in [0.3, 0.4) is 0 Å². The summed E-state index contributed by atoms with van der Waals surface area (Å²) in [4.78, 5) is 25.0. The Morgan fingerprint density at radius 3 is 2.49 bits per heavy atom. The zero-order valence-electron chi connectivity index (χ0n) is 29.7. The number of aryl methyl sites for hydroxylation is 3. The summed E-state index contributed by atoms with van der Waals surface area (Å²) in [5.74, 6) is 0.114. The number of nitrogens with one attached hydrogen (secondary N) is 1. The maximum atomic E-state index is 14.0. The third-order valence-corrected chi connectivity index (χ3v) is 11.5. The number of fused-ring (bicyclic) bond motifs is 2. The largest absolute Gasteiger partial charge is 0.488 e. The van der Waals surface area contributed by atoms with E-state index >= 15 is 0 Å². The number of ketones is 1. The normalized spacial score (nSPS) is 16.8. The molecule has 11 heteroatoms. The first-order valence-electron chi connectivity index (χ1n) is 17.2. The molecule has 0 unspecified atom stereocenters. The SMILES string of the molecule is CC[C@@H]1CN(Cc2cc([C@@H](c3ccc4c(nnn4CC)c3C)C(C)(C)NC(=O)CCCCC(C)=O)ccc2C)S(=O)(=O)c2ccccc2O1. The van der Waals surface area contributed by atoms with Crippen LogP contribution in [0.2, 0.25) is 0 Å². The van der Waals surface area contributed by atoms with Crippen LogP contribution in [-0.4, -0.2) is 57.6 Å². The van der Waals surface area contributed by atoms with E-state index in [-0.39, 0.29) is 41.7 Å². The van der Waals surface area contributed by atoms with Gasteiger partial charge in [0.05, 0.1) is 12.1 Å². The summed E-state index contributed by atoms with van der Waals surface area (Å²) in [6, 6.07) is 17.2. The summed E-state index contributed by atoms with van der Waals surface area (Å²) in [5, 5.41) is 12.2. The highest BCUT2D eigenvalue weighted by Gasteiger charge is 2.37. The van der Waals surface area contributed by atoms with Gasteiger partial charge in [0.1, 0.15) is 28.0 Å². The van der Waals surface area contributed by atoms with Gasteiger partial charge in [0, 0.05) is 37.4 Å². The van der Waals surface area contributed by atoms with Gasteiger partial charge in [-0.05, 0) is 107 Å². The highest BCUT2D eigenvalue weighted by molar-refractivity contribution is 7.89. The highest BCUT2D eigenvalue weighted by Crippen LogP contribution is 2.40. The second-order valence-electron chi connectivity index (χ2n) is 13.7. The second kappa shape index (κ2) is 14.8. The monoisotopic (exact) mass is 687 g/mol. The fourth-order valence-corrected chi connectivity index (χ4v) is 8.47. The van der Waals surface area contributed by atoms with E-state index in [1.54, 1.807) is 31.2 Å². The first-order chi connectivity index (χ1) is 23.3. The summed E-state index contributed by atoms with van der Waals surface area (Å²) < 4.78 is 37.6. The van der Waals surface area contributed by atoms with Crippen LogP contribution in [0, 0.1) is 13.8 Å². The van der Waals surface area contributed by atoms with Gasteiger partial charge in [-0.3, -0.25) is 4.79 Å². The molecule has 49 heavy (non-hydrogen) atoms. The van der Waals surface area contributed by atoms with Gasteiger partial charge in [-0.15, -0.1) is 5.10 Å². The molecule has 0 aliphatic carbocycles. The van der Waals surface area contributed by atoms with Gasteiger partial charge in [-0.1, -0.05) is 48.5 Å². The molecule has 1 N–H and O–H groups in total. The number of benzene rings is 3. The summed E-state index contributed by atoms with van der Waals surface area (Å²) in [7, 11) is -3.84. The first kappa shape index (κ1) is 36.2. The minimum absolute atomic E-state index is 0.0820. The van der Waals surface area contributed by atoms with Crippen molar-refractivity contribution in [2.45, 2.75) is 116 Å². The Labute approximate surface area is 290 Å². The van der Waals surface area contributed by atoms with E-state index in [1.807, 2.05) is 58.4 Å². The fourth-order valence-electron chi connectivity index (χ4n) is 6.90. The Bertz CT molecular complexity index is 1950. The lowest BCUT2D eigenvalue weighted by Crippen LogP contribution is -2.48. The number of nitrogens with zero attached hydrogens (tertiary/aromatic N) is 4. The average Bonchev–Trinajstić information content (AvgIpc) is 3.44. The molecule has 10 nitrogen and oxygen atoms in total. The van der Waals surface area contributed by atoms with Crippen LogP contribution in [-0.2, 0) is 32.7 Å². The summed E-state index contributed by atoms with van der Waals surface area (Å²) in [6.07, 6.45) is 2.46. The van der Waals surface area contributed by atoms with E-state index in [1.165, 1.54) is 4.31 Å². The highest BCUT2D eigenvalue weighted by atomic mass is 32.2. The number of aromatic nitrogens is 3. The number of amides is 1. The minimum Gasteiger partial charge on any atom is -0.488 e. The molecule has 0 bridgehead atoms. The van der Waals surface area contributed by atoms with Gasteiger partial charge in [0.2, 0.25) is 15.9 Å². The molecule has 1 amide bonds. The van der Waals surface area contributed by atoms with Crippen molar-refractivity contribution < 1.29 is 22.7 Å². The van der Waals surface area contributed by atoms with E-state index < -0.39 is 15.6 Å². The van der Waals surface area contributed by atoms with Gasteiger partial charge >= 0.3 is 0 Å². The lowest BCUT2D eigenvalue weighted by molar-refractivity contribution is -0.123. The molecule has 0 saturated heterocycles. The quantitative estimate of drug-likeness (QED) is 0.157. The van der Waals surface area contributed by atoms with Crippen LogP contribution in [0.5, 0.6) is 5.75 Å². The number of sulfonamides is 1. The Morgan fingerprint density at radius 2 is 1.78 bits per heavy atom. The Hall–Kier alpha value is -4.09. The Morgan fingerprint density at radius 1 is 1.04 bits per heavy atom. The number of Topliss-reactive ketones (excluding diaryl/α,β-unsaturated/α-hetero) is 1. The molecule has 5 rings (SSSR count). The van der Waals surface area contributed by atoms with E-state index in [0.717, 1.165) is 38.9 Å². The van der Waals surface area contributed by atoms with E-state index in [4.69, 9.17) is 4.74 Å². The molecule has 1 aliphatic rings. The molecule has 0 fully saturated rings. The molecule has 0 spiro atoms. The number of para-hydroxylation sites is 1. The molecule has 4 aromatic rings. The molecule has 1 aromatic heterocycles. The zero-order valence-corrected chi connectivity index (χ0v) is 30.6. The maximum absolute atomic E-state index is 14.0. The third-order valence-electron chi connectivity index (χ3n) is 9.64. The summed E-state index contributed by atoms with van der Waals surface area (Å²) in [6.45, 7) is 14.8. The van der Waals surface area contributed by atoms with Gasteiger partial charge in [-0.25, -0.2) is 13.1 Å². The third kappa shape index (κ3) is 7.73. The van der Waals surface area contributed by atoms with Crippen molar-refractivity contribution in [3.8, 4) is 5.75 Å². The van der Waals surface area contributed by atoms with Gasteiger partial charge in [0.25, 0.3) is 0 Å². The van der Waals surface area contributed by atoms with E-state index in [9.17, 15) is 18.0 Å². The Kier molecular flexibility index (Phi) is 10.9. The van der Waals surface area contributed by atoms with E-state index in [2.05, 4.69) is 33.8 Å². The molecule has 0 saturated carbocycles. The van der Waals surface area contributed by atoms with Crippen molar-refractivity contribution in [2.24, 2.45) is 0 Å². The number of hydrogen-bond acceptors (Lipinski definition) is 7. The molecular weight excluding hydrogens is 639 g/mol. The lowest BCUT2D eigenvalue weighted by Gasteiger charge is -2.37. The number of hydrogen-bond donors (Lipinski definition) is 1. The van der Waals surface area contributed by atoms with Gasteiger partial charge in [-0.2, -0.15) is 4.31 Å². The lowest BCUT2D eigenvalue weighted by atomic mass is 9.74. The summed E-state index contributed by atoms with van der Waals surface area (Å²) in [5.41, 5.74) is 5.77. The van der Waals surface area contributed by atoms with Crippen molar-refractivity contribution in [3.63, 3.8) is 0 Å². The van der Waals surface area contributed by atoms with Crippen molar-refractivity contribution in [1.29, 1.82) is 0 Å². The van der Waals surface area contributed by atoms with Gasteiger partial charge < -0.3 is 14.8 Å². The predicted octanol–water partition coefficient (Wildman–Crippen LogP) is 6.61. The summed E-state index contributed by atoms with van der Waals surface area (Å²) >= 11 is 0. The van der Waals surface area contributed by atoms with Crippen LogP contribution in [0.15, 0.2) is 59.5 Å². The van der Waals surface area contributed by atoms with Gasteiger partial charge in [0.15, 0.2) is 0 Å². The molecule has 1 aliphatic heterocycles. The number of carbonyl (C=O) groups excluding carboxylic acids is 2. The van der Waals surface area contributed by atoms with Crippen LogP contribution < -0.4 is 10.1 Å². The molecule has 0 radical (unpaired) electrons. The van der Waals surface area contributed by atoms with Crippen molar-refractivity contribution in [1.82, 2.24) is 24.6 Å². The Balaban J connectivity index is 1.56. The molecular formula is C38H49N5O5S. The number of rotatable bonds is 13. The van der Waals surface area contributed by atoms with Crippen LogP contribution in [0.4, 0.5) is 0 Å². The smallest absolute Gasteiger partial charge is 0.247 e. The second-order valence-corrected chi connectivity index (χ2v) is 15.6. The number of unbranched alkanes of at least 4 members (excludes halogenated alkanes) is 1. The van der Waals surface area contributed by atoms with Crippen LogP contribution >= 0.6 is 0 Å². The molecule has 262 valence electrons. The zero-order chi connectivity index (χ0) is 35.5. The predicted molar refractivity (Wildman–Crippen MR) is 191 cm³/mol. The van der Waals surface area contributed by atoms with Crippen molar-refractivity contribution in [2.75, 3.05) is 6.54 Å². The van der Waals surface area contributed by atoms with Crippen molar-refractivity contribution in [3.05, 3.63) is 82.4 Å². The molecule has 2 atom stereocenters. The first-order valence-corrected chi connectivity index (χ1v) is 18.7.